The Bertz CT molecular complexity index is 476. The Morgan fingerprint density at radius 2 is 2.06 bits per heavy atom. The van der Waals surface area contributed by atoms with E-state index in [-0.39, 0.29) is 0 Å². The first-order valence-corrected chi connectivity index (χ1v) is 5.98. The van der Waals surface area contributed by atoms with Crippen LogP contribution in [-0.4, -0.2) is 15.0 Å². The second kappa shape index (κ2) is 5.24. The van der Waals surface area contributed by atoms with Gasteiger partial charge in [0.1, 0.15) is 10.1 Å². The van der Waals surface area contributed by atoms with Crippen LogP contribution in [0.15, 0.2) is 45.1 Å². The fourth-order valence-corrected chi connectivity index (χ4v) is 1.95. The van der Waals surface area contributed by atoms with Crippen molar-refractivity contribution in [2.75, 3.05) is 5.43 Å². The van der Waals surface area contributed by atoms with Crippen LogP contribution in [0, 0.1) is 0 Å². The number of hydrogen-bond donors (Lipinski definition) is 2. The van der Waals surface area contributed by atoms with E-state index in [1.54, 1.807) is 18.5 Å². The average molecular weight is 298 g/mol. The minimum Gasteiger partial charge on any atom is -0.292 e. The van der Waals surface area contributed by atoms with Gasteiger partial charge < -0.3 is 0 Å². The lowest BCUT2D eigenvalue weighted by Crippen LogP contribution is -2.10. The number of nitrogens with zero attached hydrogens (tertiary/aromatic N) is 3. The minimum atomic E-state index is 0.391. The van der Waals surface area contributed by atoms with Gasteiger partial charge in [0.2, 0.25) is 5.95 Å². The number of nitrogens with two attached hydrogens (primary N) is 1. The summed E-state index contributed by atoms with van der Waals surface area (Å²) in [5.74, 6) is 5.62. The first-order valence-electron chi connectivity index (χ1n) is 4.37. The maximum absolute atomic E-state index is 5.23. The molecule has 0 aliphatic rings. The number of anilines is 1. The molecule has 82 valence electrons. The van der Waals surface area contributed by atoms with E-state index in [1.165, 1.54) is 11.8 Å². The molecule has 2 rings (SSSR count). The van der Waals surface area contributed by atoms with Gasteiger partial charge in [-0.05, 0) is 45.9 Å². The van der Waals surface area contributed by atoms with E-state index in [0.29, 0.717) is 5.95 Å². The SMILES string of the molecule is NNc1nccc(Sc2ccc(Br)cn2)n1. The molecule has 0 saturated heterocycles. The molecular formula is C9H8BrN5S. The Hall–Kier alpha value is -1.18. The number of pyridine rings is 1. The third kappa shape index (κ3) is 2.91. The Balaban J connectivity index is 2.16. The van der Waals surface area contributed by atoms with Gasteiger partial charge in [-0.3, -0.25) is 5.43 Å². The van der Waals surface area contributed by atoms with Gasteiger partial charge in [0.25, 0.3) is 0 Å². The molecule has 0 fully saturated rings. The smallest absolute Gasteiger partial charge is 0.238 e. The van der Waals surface area contributed by atoms with Crippen molar-refractivity contribution in [3.63, 3.8) is 0 Å². The van der Waals surface area contributed by atoms with Gasteiger partial charge in [-0.25, -0.2) is 20.8 Å². The quantitative estimate of drug-likeness (QED) is 0.513. The third-order valence-corrected chi connectivity index (χ3v) is 3.02. The summed E-state index contributed by atoms with van der Waals surface area (Å²) in [7, 11) is 0. The van der Waals surface area contributed by atoms with Crippen LogP contribution >= 0.6 is 27.7 Å². The normalized spacial score (nSPS) is 10.1. The summed E-state index contributed by atoms with van der Waals surface area (Å²) < 4.78 is 0.948. The highest BCUT2D eigenvalue weighted by atomic mass is 79.9. The van der Waals surface area contributed by atoms with Crippen molar-refractivity contribution < 1.29 is 0 Å². The van der Waals surface area contributed by atoms with Gasteiger partial charge >= 0.3 is 0 Å². The third-order valence-electron chi connectivity index (χ3n) is 1.67. The summed E-state index contributed by atoms with van der Waals surface area (Å²) in [5.41, 5.74) is 2.40. The lowest BCUT2D eigenvalue weighted by molar-refractivity contribution is 1.02. The zero-order chi connectivity index (χ0) is 11.4. The molecule has 2 heterocycles. The predicted molar refractivity (Wildman–Crippen MR) is 65.9 cm³/mol. The van der Waals surface area contributed by atoms with Crippen LogP contribution in [0.5, 0.6) is 0 Å². The molecule has 0 unspecified atom stereocenters. The standard InChI is InChI=1S/C9H8BrN5S/c10-6-1-2-7(13-5-6)16-8-3-4-12-9(14-8)15-11/h1-5H,11H2,(H,12,14,15). The molecule has 0 aliphatic heterocycles. The van der Waals surface area contributed by atoms with Crippen LogP contribution in [-0.2, 0) is 0 Å². The molecule has 2 aromatic rings. The molecule has 7 heteroatoms. The lowest BCUT2D eigenvalue weighted by atomic mass is 10.5. The molecule has 0 bridgehead atoms. The topological polar surface area (TPSA) is 76.7 Å². The second-order valence-corrected chi connectivity index (χ2v) is 4.74. The molecule has 3 N–H and O–H groups in total. The van der Waals surface area contributed by atoms with Crippen molar-refractivity contribution >= 4 is 33.6 Å². The van der Waals surface area contributed by atoms with Gasteiger partial charge in [0, 0.05) is 16.9 Å². The lowest BCUT2D eigenvalue weighted by Gasteiger charge is -2.01. The first kappa shape index (κ1) is 11.3. The summed E-state index contributed by atoms with van der Waals surface area (Å²) >= 11 is 4.78. The molecule has 5 nitrogen and oxygen atoms in total. The van der Waals surface area contributed by atoms with E-state index >= 15 is 0 Å². The second-order valence-electron chi connectivity index (χ2n) is 2.78. The summed E-state index contributed by atoms with van der Waals surface area (Å²) in [6, 6.07) is 5.64. The zero-order valence-corrected chi connectivity index (χ0v) is 10.5. The van der Waals surface area contributed by atoms with Crippen molar-refractivity contribution in [1.82, 2.24) is 15.0 Å². The Labute approximate surface area is 105 Å². The van der Waals surface area contributed by atoms with Crippen LogP contribution in [0.1, 0.15) is 0 Å². The fraction of sp³-hybridized carbons (Fsp3) is 0. The van der Waals surface area contributed by atoms with Crippen molar-refractivity contribution in [2.24, 2.45) is 5.84 Å². The van der Waals surface area contributed by atoms with Crippen LogP contribution < -0.4 is 11.3 Å². The molecule has 0 spiro atoms. The van der Waals surface area contributed by atoms with Crippen molar-refractivity contribution in [3.8, 4) is 0 Å². The maximum atomic E-state index is 5.23. The molecule has 0 amide bonds. The molecule has 2 aromatic heterocycles. The highest BCUT2D eigenvalue weighted by Gasteiger charge is 2.01. The van der Waals surface area contributed by atoms with Crippen LogP contribution in [0.25, 0.3) is 0 Å². The fourth-order valence-electron chi connectivity index (χ4n) is 0.998. The van der Waals surface area contributed by atoms with Gasteiger partial charge in [0.15, 0.2) is 0 Å². The number of rotatable bonds is 3. The largest absolute Gasteiger partial charge is 0.292 e. The number of nitrogens with one attached hydrogen (secondary N) is 1. The Morgan fingerprint density at radius 3 is 2.75 bits per heavy atom. The molecule has 0 aliphatic carbocycles. The van der Waals surface area contributed by atoms with E-state index in [4.69, 9.17) is 5.84 Å². The summed E-state index contributed by atoms with van der Waals surface area (Å²) in [5, 5.41) is 1.66. The summed E-state index contributed by atoms with van der Waals surface area (Å²) in [6.07, 6.45) is 3.38. The van der Waals surface area contributed by atoms with Crippen LogP contribution in [0.3, 0.4) is 0 Å². The maximum Gasteiger partial charge on any atom is 0.238 e. The van der Waals surface area contributed by atoms with Crippen LogP contribution in [0.4, 0.5) is 5.95 Å². The highest BCUT2D eigenvalue weighted by Crippen LogP contribution is 2.24. The van der Waals surface area contributed by atoms with E-state index in [2.05, 4.69) is 36.3 Å². The number of aromatic nitrogens is 3. The summed E-state index contributed by atoms with van der Waals surface area (Å²) in [6.45, 7) is 0. The number of halogens is 1. The van der Waals surface area contributed by atoms with E-state index in [1.807, 2.05) is 12.1 Å². The van der Waals surface area contributed by atoms with E-state index in [0.717, 1.165) is 14.5 Å². The monoisotopic (exact) mass is 297 g/mol. The Kier molecular flexibility index (Phi) is 3.70. The highest BCUT2D eigenvalue weighted by molar-refractivity contribution is 9.10. The molecule has 0 saturated carbocycles. The minimum absolute atomic E-state index is 0.391. The molecule has 16 heavy (non-hydrogen) atoms. The Morgan fingerprint density at radius 1 is 1.19 bits per heavy atom. The van der Waals surface area contributed by atoms with Crippen molar-refractivity contribution in [1.29, 1.82) is 0 Å². The zero-order valence-electron chi connectivity index (χ0n) is 8.09. The van der Waals surface area contributed by atoms with Gasteiger partial charge in [-0.15, -0.1) is 0 Å². The van der Waals surface area contributed by atoms with Gasteiger partial charge in [-0.2, -0.15) is 0 Å². The van der Waals surface area contributed by atoms with Crippen molar-refractivity contribution in [2.45, 2.75) is 10.1 Å². The van der Waals surface area contributed by atoms with Gasteiger partial charge in [-0.1, -0.05) is 0 Å². The number of hydrogen-bond acceptors (Lipinski definition) is 6. The molecule has 0 atom stereocenters. The van der Waals surface area contributed by atoms with Gasteiger partial charge in [0.05, 0.1) is 0 Å². The van der Waals surface area contributed by atoms with Crippen LogP contribution in [0.2, 0.25) is 0 Å². The number of hydrazine groups is 1. The van der Waals surface area contributed by atoms with E-state index in [9.17, 15) is 0 Å². The number of nitrogen functional groups attached to an aromatic ring is 1. The molecule has 0 aromatic carbocycles. The van der Waals surface area contributed by atoms with Crippen molar-refractivity contribution in [3.05, 3.63) is 35.1 Å². The average Bonchev–Trinajstić information content (AvgIpc) is 2.32. The summed E-state index contributed by atoms with van der Waals surface area (Å²) in [4.78, 5) is 12.3. The van der Waals surface area contributed by atoms with E-state index < -0.39 is 0 Å². The predicted octanol–water partition coefficient (Wildman–Crippen LogP) is 2.07. The molecular weight excluding hydrogens is 290 g/mol. The first-order chi connectivity index (χ1) is 7.78. The molecule has 0 radical (unpaired) electrons.